The Balaban J connectivity index is 2.11. The van der Waals surface area contributed by atoms with Crippen molar-refractivity contribution < 1.29 is 0 Å². The van der Waals surface area contributed by atoms with Crippen molar-refractivity contribution in [3.05, 3.63) is 6.92 Å². The zero-order valence-corrected chi connectivity index (χ0v) is 10.5. The number of hydrogen-bond donors (Lipinski definition) is 0. The van der Waals surface area contributed by atoms with Crippen LogP contribution in [0.15, 0.2) is 0 Å². The van der Waals surface area contributed by atoms with Crippen molar-refractivity contribution in [1.29, 1.82) is 0 Å². The van der Waals surface area contributed by atoms with Crippen molar-refractivity contribution in [2.45, 2.75) is 58.3 Å². The van der Waals surface area contributed by atoms with Crippen LogP contribution in [0, 0.1) is 12.8 Å². The Morgan fingerprint density at radius 2 is 2.13 bits per heavy atom. The molecule has 1 rings (SSSR count). The SMILES string of the molecule is [CH2]CCCCC1CCCN(CCCC)C1. The lowest BCUT2D eigenvalue weighted by Crippen LogP contribution is -2.35. The molecule has 0 aromatic carbocycles. The summed E-state index contributed by atoms with van der Waals surface area (Å²) in [6.07, 6.45) is 10.9. The summed E-state index contributed by atoms with van der Waals surface area (Å²) in [4.78, 5) is 2.68. The summed E-state index contributed by atoms with van der Waals surface area (Å²) in [6.45, 7) is 10.3. The van der Waals surface area contributed by atoms with Gasteiger partial charge in [-0.1, -0.05) is 39.5 Å². The number of piperidine rings is 1. The Hall–Kier alpha value is -0.0400. The van der Waals surface area contributed by atoms with Crippen molar-refractivity contribution >= 4 is 0 Å². The van der Waals surface area contributed by atoms with E-state index in [4.69, 9.17) is 0 Å². The van der Waals surface area contributed by atoms with Gasteiger partial charge in [0.05, 0.1) is 0 Å². The summed E-state index contributed by atoms with van der Waals surface area (Å²) >= 11 is 0. The lowest BCUT2D eigenvalue weighted by atomic mass is 9.92. The van der Waals surface area contributed by atoms with Gasteiger partial charge < -0.3 is 4.90 Å². The summed E-state index contributed by atoms with van der Waals surface area (Å²) < 4.78 is 0. The molecule has 0 saturated carbocycles. The molecule has 0 N–H and O–H groups in total. The molecule has 89 valence electrons. The third-order valence-corrected chi connectivity index (χ3v) is 3.54. The van der Waals surface area contributed by atoms with E-state index in [0.717, 1.165) is 12.3 Å². The van der Waals surface area contributed by atoms with Gasteiger partial charge in [-0.15, -0.1) is 0 Å². The first kappa shape index (κ1) is 13.0. The van der Waals surface area contributed by atoms with Crippen molar-refractivity contribution in [2.24, 2.45) is 5.92 Å². The number of hydrogen-bond acceptors (Lipinski definition) is 1. The highest BCUT2D eigenvalue weighted by molar-refractivity contribution is 4.72. The van der Waals surface area contributed by atoms with Crippen LogP contribution >= 0.6 is 0 Å². The second-order valence-corrected chi connectivity index (χ2v) is 5.01. The molecule has 1 fully saturated rings. The average Bonchev–Trinajstić information content (AvgIpc) is 2.27. The Bertz CT molecular complexity index is 144. The van der Waals surface area contributed by atoms with Gasteiger partial charge in [-0.25, -0.2) is 0 Å². The molecule has 1 aliphatic rings. The standard InChI is InChI=1S/C14H28N/c1-3-5-7-9-14-10-8-12-15(13-14)11-6-4-2/h14H,1,3-13H2,2H3. The molecule has 15 heavy (non-hydrogen) atoms. The molecule has 1 nitrogen and oxygen atoms in total. The molecule has 1 radical (unpaired) electrons. The van der Waals surface area contributed by atoms with Gasteiger partial charge in [0.25, 0.3) is 0 Å². The van der Waals surface area contributed by atoms with Gasteiger partial charge in [0.2, 0.25) is 0 Å². The molecule has 0 amide bonds. The van der Waals surface area contributed by atoms with Gasteiger partial charge in [-0.05, 0) is 44.7 Å². The minimum Gasteiger partial charge on any atom is -0.303 e. The monoisotopic (exact) mass is 210 g/mol. The van der Waals surface area contributed by atoms with Gasteiger partial charge in [-0.2, -0.15) is 0 Å². The molecule has 0 bridgehead atoms. The lowest BCUT2D eigenvalue weighted by Gasteiger charge is -2.32. The van der Waals surface area contributed by atoms with Crippen LogP contribution in [0.4, 0.5) is 0 Å². The van der Waals surface area contributed by atoms with Crippen LogP contribution in [0.2, 0.25) is 0 Å². The second kappa shape index (κ2) is 8.15. The number of likely N-dealkylation sites (tertiary alicyclic amines) is 1. The highest BCUT2D eigenvalue weighted by Crippen LogP contribution is 2.22. The second-order valence-electron chi connectivity index (χ2n) is 5.01. The summed E-state index contributed by atoms with van der Waals surface area (Å²) in [5.41, 5.74) is 0. The molecular formula is C14H28N. The van der Waals surface area contributed by atoms with E-state index in [9.17, 15) is 0 Å². The zero-order valence-electron chi connectivity index (χ0n) is 10.5. The topological polar surface area (TPSA) is 3.24 Å². The van der Waals surface area contributed by atoms with E-state index in [1.807, 2.05) is 0 Å². The van der Waals surface area contributed by atoms with Crippen molar-refractivity contribution in [3.63, 3.8) is 0 Å². The van der Waals surface area contributed by atoms with Crippen LogP contribution in [0.1, 0.15) is 58.3 Å². The summed E-state index contributed by atoms with van der Waals surface area (Å²) in [6, 6.07) is 0. The summed E-state index contributed by atoms with van der Waals surface area (Å²) in [5, 5.41) is 0. The molecule has 0 aliphatic carbocycles. The Labute approximate surface area is 96.2 Å². The molecular weight excluding hydrogens is 182 g/mol. The zero-order chi connectivity index (χ0) is 10.9. The molecule has 1 heteroatoms. The Morgan fingerprint density at radius 3 is 2.87 bits per heavy atom. The maximum atomic E-state index is 3.91. The van der Waals surface area contributed by atoms with E-state index in [2.05, 4.69) is 18.7 Å². The molecule has 1 unspecified atom stereocenters. The minimum absolute atomic E-state index is 0.988. The highest BCUT2D eigenvalue weighted by Gasteiger charge is 2.18. The average molecular weight is 210 g/mol. The fourth-order valence-corrected chi connectivity index (χ4v) is 2.58. The van der Waals surface area contributed by atoms with Gasteiger partial charge in [-0.3, -0.25) is 0 Å². The quantitative estimate of drug-likeness (QED) is 0.576. The molecule has 0 aromatic heterocycles. The van der Waals surface area contributed by atoms with E-state index >= 15 is 0 Å². The number of nitrogens with zero attached hydrogens (tertiary/aromatic N) is 1. The maximum Gasteiger partial charge on any atom is 0.000966 e. The minimum atomic E-state index is 0.988. The van der Waals surface area contributed by atoms with Gasteiger partial charge >= 0.3 is 0 Å². The number of unbranched alkanes of at least 4 members (excludes halogenated alkanes) is 3. The van der Waals surface area contributed by atoms with E-state index in [1.165, 1.54) is 64.6 Å². The first-order chi connectivity index (χ1) is 7.36. The van der Waals surface area contributed by atoms with Gasteiger partial charge in [0, 0.05) is 6.54 Å². The molecule has 1 heterocycles. The van der Waals surface area contributed by atoms with Crippen LogP contribution in [0.25, 0.3) is 0 Å². The normalized spacial score (nSPS) is 23.2. The Morgan fingerprint density at radius 1 is 1.27 bits per heavy atom. The van der Waals surface area contributed by atoms with Crippen molar-refractivity contribution in [2.75, 3.05) is 19.6 Å². The Kier molecular flexibility index (Phi) is 7.08. The van der Waals surface area contributed by atoms with E-state index in [0.29, 0.717) is 0 Å². The molecule has 1 saturated heterocycles. The van der Waals surface area contributed by atoms with E-state index in [-0.39, 0.29) is 0 Å². The predicted octanol–water partition coefficient (Wildman–Crippen LogP) is 3.89. The van der Waals surface area contributed by atoms with E-state index < -0.39 is 0 Å². The summed E-state index contributed by atoms with van der Waals surface area (Å²) in [7, 11) is 0. The van der Waals surface area contributed by atoms with Crippen molar-refractivity contribution in [1.82, 2.24) is 4.90 Å². The third-order valence-electron chi connectivity index (χ3n) is 3.54. The predicted molar refractivity (Wildman–Crippen MR) is 67.9 cm³/mol. The third kappa shape index (κ3) is 5.55. The lowest BCUT2D eigenvalue weighted by molar-refractivity contribution is 0.165. The van der Waals surface area contributed by atoms with Crippen LogP contribution in [0.5, 0.6) is 0 Å². The largest absolute Gasteiger partial charge is 0.303 e. The smallest absolute Gasteiger partial charge is 0.000966 e. The fourth-order valence-electron chi connectivity index (χ4n) is 2.58. The van der Waals surface area contributed by atoms with Gasteiger partial charge in [0.15, 0.2) is 0 Å². The molecule has 1 aliphatic heterocycles. The molecule has 0 aromatic rings. The van der Waals surface area contributed by atoms with Crippen LogP contribution in [0.3, 0.4) is 0 Å². The van der Waals surface area contributed by atoms with Crippen LogP contribution < -0.4 is 0 Å². The molecule has 1 atom stereocenters. The van der Waals surface area contributed by atoms with Crippen molar-refractivity contribution in [3.8, 4) is 0 Å². The summed E-state index contributed by atoms with van der Waals surface area (Å²) in [5.74, 6) is 0.988. The maximum absolute atomic E-state index is 3.91. The molecule has 0 spiro atoms. The van der Waals surface area contributed by atoms with Gasteiger partial charge in [0.1, 0.15) is 0 Å². The van der Waals surface area contributed by atoms with Crippen LogP contribution in [-0.2, 0) is 0 Å². The number of rotatable bonds is 7. The van der Waals surface area contributed by atoms with E-state index in [1.54, 1.807) is 0 Å². The first-order valence-corrected chi connectivity index (χ1v) is 6.88. The van der Waals surface area contributed by atoms with Crippen LogP contribution in [-0.4, -0.2) is 24.5 Å². The highest BCUT2D eigenvalue weighted by atomic mass is 15.1. The first-order valence-electron chi connectivity index (χ1n) is 6.88. The fraction of sp³-hybridized carbons (Fsp3) is 0.929.